The number of hydrogen-bond donors (Lipinski definition) is 0. The minimum atomic E-state index is -1.02. The molecule has 1 rings (SSSR count). The molecule has 0 aliphatic carbocycles. The fourth-order valence-electron chi connectivity index (χ4n) is 0.971. The van der Waals surface area contributed by atoms with Crippen molar-refractivity contribution in [2.45, 2.75) is 0 Å². The molecule has 0 saturated carbocycles. The summed E-state index contributed by atoms with van der Waals surface area (Å²) in [6, 6.07) is 2.19. The number of nitrogens with zero attached hydrogens (tertiary/aromatic N) is 1. The zero-order chi connectivity index (χ0) is 11.4. The average molecular weight is 282 g/mol. The highest BCUT2D eigenvalue weighted by molar-refractivity contribution is 9.10. The number of alkyl halides is 1. The zero-order valence-corrected chi connectivity index (χ0v) is 8.96. The first kappa shape index (κ1) is 11.8. The lowest BCUT2D eigenvalue weighted by Gasteiger charge is -2.06. The Balaban J connectivity index is 3.19. The van der Waals surface area contributed by atoms with E-state index in [0.717, 1.165) is 6.07 Å². The molecule has 0 unspecified atom stereocenters. The number of benzene rings is 1. The van der Waals surface area contributed by atoms with Crippen LogP contribution in [-0.4, -0.2) is 18.2 Å². The molecule has 7 heteroatoms. The van der Waals surface area contributed by atoms with Crippen molar-refractivity contribution in [3.63, 3.8) is 0 Å². The monoisotopic (exact) mass is 281 g/mol. The third-order valence-corrected chi connectivity index (χ3v) is 2.16. The summed E-state index contributed by atoms with van der Waals surface area (Å²) in [6.07, 6.45) is 0. The predicted molar refractivity (Wildman–Crippen MR) is 52.2 cm³/mol. The molecule has 0 aliphatic rings. The molecule has 1 aromatic carbocycles. The maximum absolute atomic E-state index is 13.1. The fraction of sp³-hybridized carbons (Fsp3) is 0.250. The Bertz CT molecular complexity index is 386. The van der Waals surface area contributed by atoms with E-state index in [2.05, 4.69) is 15.9 Å². The van der Waals surface area contributed by atoms with E-state index in [0.29, 0.717) is 0 Å². The summed E-state index contributed by atoms with van der Waals surface area (Å²) < 4.78 is 29.9. The van der Waals surface area contributed by atoms with E-state index >= 15 is 0 Å². The Morgan fingerprint density at radius 2 is 2.20 bits per heavy atom. The highest BCUT2D eigenvalue weighted by Crippen LogP contribution is 2.36. The maximum atomic E-state index is 13.1. The van der Waals surface area contributed by atoms with Crippen molar-refractivity contribution in [3.8, 4) is 5.75 Å². The molecule has 15 heavy (non-hydrogen) atoms. The second kappa shape index (κ2) is 5.01. The molecule has 0 saturated heterocycles. The van der Waals surface area contributed by atoms with Crippen molar-refractivity contribution in [3.05, 3.63) is 32.5 Å². The molecule has 0 N–H and O–H groups in total. The molecule has 0 atom stereocenters. The van der Waals surface area contributed by atoms with Gasteiger partial charge >= 0.3 is 5.69 Å². The minimum Gasteiger partial charge on any atom is -0.483 e. The van der Waals surface area contributed by atoms with Crippen LogP contribution in [0.1, 0.15) is 0 Å². The van der Waals surface area contributed by atoms with Gasteiger partial charge < -0.3 is 4.74 Å². The first-order valence-corrected chi connectivity index (χ1v) is 4.68. The summed E-state index contributed by atoms with van der Waals surface area (Å²) in [7, 11) is 0. The van der Waals surface area contributed by atoms with Crippen LogP contribution in [0, 0.1) is 15.9 Å². The van der Waals surface area contributed by atoms with E-state index < -0.39 is 23.1 Å². The van der Waals surface area contributed by atoms with Gasteiger partial charge in [0, 0.05) is 0 Å². The summed E-state index contributed by atoms with van der Waals surface area (Å²) >= 11 is 2.96. The van der Waals surface area contributed by atoms with Crippen LogP contribution in [0.2, 0.25) is 0 Å². The highest BCUT2D eigenvalue weighted by atomic mass is 79.9. The number of ether oxygens (including phenoxy) is 1. The third kappa shape index (κ3) is 2.62. The smallest absolute Gasteiger partial charge is 0.347 e. The molecule has 1 aromatic rings. The number of nitro groups is 1. The van der Waals surface area contributed by atoms with Crippen LogP contribution in [0.25, 0.3) is 0 Å². The van der Waals surface area contributed by atoms with Crippen LogP contribution in [0.15, 0.2) is 16.6 Å². The topological polar surface area (TPSA) is 52.4 Å². The number of halogens is 3. The van der Waals surface area contributed by atoms with E-state index in [1.165, 1.54) is 6.07 Å². The molecule has 0 bridgehead atoms. The van der Waals surface area contributed by atoms with Crippen molar-refractivity contribution in [1.29, 1.82) is 0 Å². The largest absolute Gasteiger partial charge is 0.483 e. The molecule has 0 radical (unpaired) electrons. The van der Waals surface area contributed by atoms with Gasteiger partial charge in [-0.3, -0.25) is 10.1 Å². The standard InChI is InChI=1S/C8H6BrF2NO3/c9-5-1-2-6(11)7(12(13)14)8(5)15-4-3-10/h1-2H,3-4H2. The van der Waals surface area contributed by atoms with Gasteiger partial charge in [0.25, 0.3) is 0 Å². The van der Waals surface area contributed by atoms with Gasteiger partial charge in [0.05, 0.1) is 9.40 Å². The summed E-state index contributed by atoms with van der Waals surface area (Å²) in [4.78, 5) is 9.62. The second-order valence-corrected chi connectivity index (χ2v) is 3.36. The SMILES string of the molecule is O=[N+]([O-])c1c(F)ccc(Br)c1OCCF. The first-order valence-electron chi connectivity index (χ1n) is 3.89. The van der Waals surface area contributed by atoms with E-state index in [4.69, 9.17) is 4.74 Å². The van der Waals surface area contributed by atoms with Gasteiger partial charge in [-0.2, -0.15) is 4.39 Å². The van der Waals surface area contributed by atoms with Gasteiger partial charge in [-0.25, -0.2) is 4.39 Å². The lowest BCUT2D eigenvalue weighted by Crippen LogP contribution is -2.04. The Hall–Kier alpha value is -1.24. The molecule has 0 heterocycles. The molecule has 4 nitrogen and oxygen atoms in total. The normalized spacial score (nSPS) is 10.1. The van der Waals surface area contributed by atoms with Crippen LogP contribution in [0.3, 0.4) is 0 Å². The molecule has 0 fully saturated rings. The van der Waals surface area contributed by atoms with Crippen LogP contribution < -0.4 is 4.74 Å². The lowest BCUT2D eigenvalue weighted by atomic mass is 10.3. The van der Waals surface area contributed by atoms with Gasteiger partial charge in [-0.15, -0.1) is 0 Å². The van der Waals surface area contributed by atoms with Crippen molar-refractivity contribution in [2.24, 2.45) is 0 Å². The Morgan fingerprint density at radius 3 is 2.73 bits per heavy atom. The summed E-state index contributed by atoms with van der Waals surface area (Å²) in [6.45, 7) is -1.16. The zero-order valence-electron chi connectivity index (χ0n) is 7.37. The van der Waals surface area contributed by atoms with E-state index in [-0.39, 0.29) is 16.8 Å². The number of hydrogen-bond acceptors (Lipinski definition) is 3. The van der Waals surface area contributed by atoms with Crippen molar-refractivity contribution < 1.29 is 18.4 Å². The van der Waals surface area contributed by atoms with Crippen LogP contribution >= 0.6 is 15.9 Å². The summed E-state index contributed by atoms with van der Waals surface area (Å²) in [5.74, 6) is -1.31. The number of rotatable bonds is 4. The average Bonchev–Trinajstić information content (AvgIpc) is 2.18. The highest BCUT2D eigenvalue weighted by Gasteiger charge is 2.24. The van der Waals surface area contributed by atoms with Gasteiger partial charge in [0.15, 0.2) is 0 Å². The van der Waals surface area contributed by atoms with Gasteiger partial charge in [-0.1, -0.05) is 0 Å². The van der Waals surface area contributed by atoms with Crippen LogP contribution in [0.5, 0.6) is 5.75 Å². The first-order chi connectivity index (χ1) is 7.07. The van der Waals surface area contributed by atoms with Crippen molar-refractivity contribution in [1.82, 2.24) is 0 Å². The molecule has 0 spiro atoms. The van der Waals surface area contributed by atoms with Crippen LogP contribution in [-0.2, 0) is 0 Å². The molecular weight excluding hydrogens is 276 g/mol. The van der Waals surface area contributed by atoms with Crippen molar-refractivity contribution >= 4 is 21.6 Å². The van der Waals surface area contributed by atoms with Gasteiger partial charge in [0.2, 0.25) is 11.6 Å². The van der Waals surface area contributed by atoms with E-state index in [1.807, 2.05) is 0 Å². The summed E-state index contributed by atoms with van der Waals surface area (Å²) in [5, 5.41) is 10.5. The predicted octanol–water partition coefficient (Wildman–Crippen LogP) is 2.84. The maximum Gasteiger partial charge on any atom is 0.347 e. The van der Waals surface area contributed by atoms with Gasteiger partial charge in [-0.05, 0) is 28.1 Å². The second-order valence-electron chi connectivity index (χ2n) is 2.50. The molecule has 0 amide bonds. The third-order valence-electron chi connectivity index (χ3n) is 1.54. The molecular formula is C8H6BrF2NO3. The lowest BCUT2D eigenvalue weighted by molar-refractivity contribution is -0.388. The Labute approximate surface area is 92.1 Å². The van der Waals surface area contributed by atoms with E-state index in [9.17, 15) is 18.9 Å². The number of nitro benzene ring substituents is 1. The van der Waals surface area contributed by atoms with Gasteiger partial charge in [0.1, 0.15) is 13.3 Å². The fourth-order valence-corrected chi connectivity index (χ4v) is 1.40. The van der Waals surface area contributed by atoms with Crippen LogP contribution in [0.4, 0.5) is 14.5 Å². The quantitative estimate of drug-likeness (QED) is 0.630. The molecule has 82 valence electrons. The Morgan fingerprint density at radius 1 is 1.53 bits per heavy atom. The van der Waals surface area contributed by atoms with Crippen molar-refractivity contribution in [2.75, 3.05) is 13.3 Å². The molecule has 0 aliphatic heterocycles. The minimum absolute atomic E-state index is 0.212. The van der Waals surface area contributed by atoms with E-state index in [1.54, 1.807) is 0 Å². The Kier molecular flexibility index (Phi) is 3.96. The molecule has 0 aromatic heterocycles. The summed E-state index contributed by atoms with van der Waals surface area (Å²) in [5.41, 5.74) is -0.794.